The summed E-state index contributed by atoms with van der Waals surface area (Å²) in [5.41, 5.74) is 7.04. The van der Waals surface area contributed by atoms with E-state index in [4.69, 9.17) is 0 Å². The van der Waals surface area contributed by atoms with Gasteiger partial charge in [0.05, 0.1) is 6.04 Å². The van der Waals surface area contributed by atoms with Gasteiger partial charge in [-0.25, -0.2) is 9.18 Å². The Labute approximate surface area is 180 Å². The number of hydrogen-bond acceptors (Lipinski definition) is 2. The highest BCUT2D eigenvalue weighted by Crippen LogP contribution is 2.37. The second kappa shape index (κ2) is 7.58. The van der Waals surface area contributed by atoms with Crippen LogP contribution < -0.4 is 4.90 Å². The minimum atomic E-state index is -0.961. The third-order valence-electron chi connectivity index (χ3n) is 6.16. The molecule has 1 aliphatic rings. The molecule has 0 bridgehead atoms. The lowest BCUT2D eigenvalue weighted by Gasteiger charge is -2.39. The maximum absolute atomic E-state index is 13.5. The van der Waals surface area contributed by atoms with Crippen LogP contribution in [0.2, 0.25) is 0 Å². The van der Waals surface area contributed by atoms with E-state index in [0.29, 0.717) is 0 Å². The molecule has 2 N–H and O–H groups in total. The zero-order valence-electron chi connectivity index (χ0n) is 17.2. The first kappa shape index (κ1) is 19.4. The van der Waals surface area contributed by atoms with Crippen molar-refractivity contribution in [3.05, 3.63) is 100 Å². The van der Waals surface area contributed by atoms with E-state index in [1.807, 2.05) is 24.3 Å². The first-order valence-electron chi connectivity index (χ1n) is 10.4. The van der Waals surface area contributed by atoms with Crippen molar-refractivity contribution in [3.8, 4) is 0 Å². The molecule has 3 aromatic carbocycles. The van der Waals surface area contributed by atoms with Crippen molar-refractivity contribution in [1.82, 2.24) is 4.98 Å². The van der Waals surface area contributed by atoms with Gasteiger partial charge in [0.1, 0.15) is 11.5 Å². The monoisotopic (exact) mass is 414 g/mol. The van der Waals surface area contributed by atoms with E-state index in [1.165, 1.54) is 28.8 Å². The largest absolute Gasteiger partial charge is 0.477 e. The maximum Gasteiger partial charge on any atom is 0.352 e. The number of halogens is 1. The molecule has 0 saturated carbocycles. The second-order valence-corrected chi connectivity index (χ2v) is 8.25. The summed E-state index contributed by atoms with van der Waals surface area (Å²) < 4.78 is 13.5. The molecule has 31 heavy (non-hydrogen) atoms. The van der Waals surface area contributed by atoms with E-state index in [0.717, 1.165) is 41.5 Å². The van der Waals surface area contributed by atoms with Crippen LogP contribution in [0.1, 0.15) is 38.8 Å². The van der Waals surface area contributed by atoms with Gasteiger partial charge < -0.3 is 15.0 Å². The molecule has 0 saturated heterocycles. The summed E-state index contributed by atoms with van der Waals surface area (Å²) in [6, 6.07) is 21.2. The van der Waals surface area contributed by atoms with Crippen LogP contribution in [0.25, 0.3) is 10.9 Å². The van der Waals surface area contributed by atoms with Gasteiger partial charge in [-0.2, -0.15) is 0 Å². The molecule has 0 amide bonds. The lowest BCUT2D eigenvalue weighted by atomic mass is 9.87. The van der Waals surface area contributed by atoms with Gasteiger partial charge in [0.25, 0.3) is 0 Å². The molecule has 0 aliphatic carbocycles. The number of fused-ring (bicyclic) bond motifs is 2. The van der Waals surface area contributed by atoms with Crippen molar-refractivity contribution in [3.63, 3.8) is 0 Å². The van der Waals surface area contributed by atoms with E-state index >= 15 is 0 Å². The Balaban J connectivity index is 1.55. The highest BCUT2D eigenvalue weighted by atomic mass is 19.1. The van der Waals surface area contributed by atoms with Gasteiger partial charge in [-0.05, 0) is 72.9 Å². The summed E-state index contributed by atoms with van der Waals surface area (Å²) in [5.74, 6) is -1.20. The van der Waals surface area contributed by atoms with Crippen molar-refractivity contribution in [2.45, 2.75) is 25.8 Å². The number of aromatic amines is 1. The van der Waals surface area contributed by atoms with Crippen molar-refractivity contribution in [1.29, 1.82) is 0 Å². The molecule has 0 radical (unpaired) electrons. The standard InChI is InChI=1S/C26H23FN2O2/c1-16-2-9-22-18(12-16)10-11-29(21-7-5-20(27)6-8-21)25(22)14-17-3-4-19-15-24(26(30)31)28-23(19)13-17/h2-9,12-13,15,25,28H,10-11,14H2,1H3,(H,30,31). The molecule has 0 fully saturated rings. The van der Waals surface area contributed by atoms with Crippen molar-refractivity contribution >= 4 is 22.6 Å². The van der Waals surface area contributed by atoms with Gasteiger partial charge >= 0.3 is 5.97 Å². The molecule has 1 aromatic heterocycles. The van der Waals surface area contributed by atoms with Crippen LogP contribution in [0.3, 0.4) is 0 Å². The number of carboxylic acid groups (broad SMARTS) is 1. The molecule has 1 aliphatic heterocycles. The molecule has 0 spiro atoms. The van der Waals surface area contributed by atoms with Crippen LogP contribution in [0.15, 0.2) is 66.7 Å². The number of carboxylic acids is 1. The van der Waals surface area contributed by atoms with E-state index in [1.54, 1.807) is 6.07 Å². The molecule has 1 atom stereocenters. The van der Waals surface area contributed by atoms with Gasteiger partial charge in [-0.15, -0.1) is 0 Å². The number of aromatic nitrogens is 1. The molecule has 2 heterocycles. The molecule has 5 heteroatoms. The number of hydrogen-bond donors (Lipinski definition) is 2. The van der Waals surface area contributed by atoms with Crippen molar-refractivity contribution in [2.24, 2.45) is 0 Å². The summed E-state index contributed by atoms with van der Waals surface area (Å²) in [7, 11) is 0. The Morgan fingerprint density at radius 3 is 2.68 bits per heavy atom. The van der Waals surface area contributed by atoms with Crippen LogP contribution in [0, 0.1) is 12.7 Å². The average Bonchev–Trinajstić information content (AvgIpc) is 3.18. The Bertz CT molecular complexity index is 1280. The zero-order chi connectivity index (χ0) is 21.5. The van der Waals surface area contributed by atoms with E-state index in [-0.39, 0.29) is 17.6 Å². The van der Waals surface area contributed by atoms with Gasteiger partial charge in [-0.3, -0.25) is 0 Å². The highest BCUT2D eigenvalue weighted by Gasteiger charge is 2.28. The summed E-state index contributed by atoms with van der Waals surface area (Å²) >= 11 is 0. The quantitative estimate of drug-likeness (QED) is 0.453. The van der Waals surface area contributed by atoms with Crippen molar-refractivity contribution < 1.29 is 14.3 Å². The van der Waals surface area contributed by atoms with E-state index in [9.17, 15) is 14.3 Å². The summed E-state index contributed by atoms with van der Waals surface area (Å²) in [6.07, 6.45) is 1.72. The smallest absolute Gasteiger partial charge is 0.352 e. The van der Waals surface area contributed by atoms with Crippen LogP contribution in [0.4, 0.5) is 10.1 Å². The molecule has 156 valence electrons. The number of aromatic carboxylic acids is 1. The van der Waals surface area contributed by atoms with Crippen LogP contribution in [-0.4, -0.2) is 22.6 Å². The molecule has 4 nitrogen and oxygen atoms in total. The predicted molar refractivity (Wildman–Crippen MR) is 120 cm³/mol. The Morgan fingerprint density at radius 1 is 1.10 bits per heavy atom. The average molecular weight is 414 g/mol. The molecule has 1 unspecified atom stereocenters. The lowest BCUT2D eigenvalue weighted by molar-refractivity contribution is 0.0691. The van der Waals surface area contributed by atoms with Crippen LogP contribution in [-0.2, 0) is 12.8 Å². The summed E-state index contributed by atoms with van der Waals surface area (Å²) in [6.45, 7) is 2.97. The first-order chi connectivity index (χ1) is 15.0. The first-order valence-corrected chi connectivity index (χ1v) is 10.4. The van der Waals surface area contributed by atoms with E-state index in [2.05, 4.69) is 41.1 Å². The fourth-order valence-electron chi connectivity index (χ4n) is 4.64. The van der Waals surface area contributed by atoms with Crippen molar-refractivity contribution in [2.75, 3.05) is 11.4 Å². The highest BCUT2D eigenvalue weighted by molar-refractivity contribution is 5.93. The SMILES string of the molecule is Cc1ccc2c(c1)CCN(c1ccc(F)cc1)C2Cc1ccc2cc(C(=O)O)[nH]c2c1. The summed E-state index contributed by atoms with van der Waals surface area (Å²) in [4.78, 5) is 16.6. The number of anilines is 1. The lowest BCUT2D eigenvalue weighted by Crippen LogP contribution is -2.36. The molecular formula is C26H23FN2O2. The number of benzene rings is 3. The van der Waals surface area contributed by atoms with Gasteiger partial charge in [0, 0.05) is 23.1 Å². The minimum Gasteiger partial charge on any atom is -0.477 e. The van der Waals surface area contributed by atoms with E-state index < -0.39 is 5.97 Å². The topological polar surface area (TPSA) is 56.3 Å². The normalized spacial score (nSPS) is 15.8. The van der Waals surface area contributed by atoms with Gasteiger partial charge in [-0.1, -0.05) is 35.9 Å². The number of rotatable bonds is 4. The Morgan fingerprint density at radius 2 is 1.90 bits per heavy atom. The number of aryl methyl sites for hydroxylation is 1. The van der Waals surface area contributed by atoms with Crippen LogP contribution in [0.5, 0.6) is 0 Å². The number of nitrogens with zero attached hydrogens (tertiary/aromatic N) is 1. The fourth-order valence-corrected chi connectivity index (χ4v) is 4.64. The predicted octanol–water partition coefficient (Wildman–Crippen LogP) is 5.66. The summed E-state index contributed by atoms with van der Waals surface area (Å²) in [5, 5.41) is 10.1. The second-order valence-electron chi connectivity index (χ2n) is 8.25. The molecule has 4 aromatic rings. The fraction of sp³-hybridized carbons (Fsp3) is 0.192. The van der Waals surface area contributed by atoms with Gasteiger partial charge in [0.15, 0.2) is 0 Å². The van der Waals surface area contributed by atoms with Crippen LogP contribution >= 0.6 is 0 Å². The number of nitrogens with one attached hydrogen (secondary N) is 1. The number of H-pyrrole nitrogens is 1. The Hall–Kier alpha value is -3.60. The number of carbonyl (C=O) groups is 1. The third kappa shape index (κ3) is 3.67. The molecule has 5 rings (SSSR count). The third-order valence-corrected chi connectivity index (χ3v) is 6.16. The maximum atomic E-state index is 13.5. The molecular weight excluding hydrogens is 391 g/mol. The van der Waals surface area contributed by atoms with Gasteiger partial charge in [0.2, 0.25) is 0 Å². The zero-order valence-corrected chi connectivity index (χ0v) is 17.2. The Kier molecular flexibility index (Phi) is 4.74. The minimum absolute atomic E-state index is 0.112.